The standard InChI is InChI=1S/C33H22BrClN4O/c1-20-27-28-29(30(21-10-4-2-5-11-21)36-32(27)39(37-20)25-15-6-3-7-16-25)33(40)38(26-17-9-14-24(35)19-26)31(28)22-12-8-13-23(34)18-22/h2-19,31H,1H3. The number of aryl methyl sites for hydroxylation is 1. The number of pyridine rings is 1. The number of anilines is 1. The van der Waals surface area contributed by atoms with Gasteiger partial charge >= 0.3 is 0 Å². The van der Waals surface area contributed by atoms with Crippen LogP contribution in [-0.4, -0.2) is 20.7 Å². The molecular weight excluding hydrogens is 584 g/mol. The predicted molar refractivity (Wildman–Crippen MR) is 163 cm³/mol. The molecule has 7 heteroatoms. The van der Waals surface area contributed by atoms with Crippen LogP contribution in [0.3, 0.4) is 0 Å². The van der Waals surface area contributed by atoms with Gasteiger partial charge in [-0.1, -0.05) is 94.3 Å². The van der Waals surface area contributed by atoms with E-state index in [4.69, 9.17) is 21.7 Å². The Morgan fingerprint density at radius 2 is 1.52 bits per heavy atom. The van der Waals surface area contributed by atoms with Crippen molar-refractivity contribution in [3.63, 3.8) is 0 Å². The fourth-order valence-corrected chi connectivity index (χ4v) is 6.25. The van der Waals surface area contributed by atoms with Crippen LogP contribution >= 0.6 is 27.5 Å². The fraction of sp³-hybridized carbons (Fsp3) is 0.0606. The second kappa shape index (κ2) is 9.73. The van der Waals surface area contributed by atoms with Crippen molar-refractivity contribution in [3.8, 4) is 16.9 Å². The van der Waals surface area contributed by atoms with Crippen LogP contribution in [0.15, 0.2) is 114 Å². The summed E-state index contributed by atoms with van der Waals surface area (Å²) >= 11 is 10.1. The third-order valence-corrected chi connectivity index (χ3v) is 8.02. The van der Waals surface area contributed by atoms with E-state index in [-0.39, 0.29) is 5.91 Å². The summed E-state index contributed by atoms with van der Waals surface area (Å²) in [4.78, 5) is 21.6. The molecule has 2 aromatic heterocycles. The van der Waals surface area contributed by atoms with E-state index >= 15 is 0 Å². The number of carbonyl (C=O) groups excluding carboxylic acids is 1. The lowest BCUT2D eigenvalue weighted by Gasteiger charge is -2.26. The van der Waals surface area contributed by atoms with Gasteiger partial charge in [0, 0.05) is 31.7 Å². The normalized spacial score (nSPS) is 14.6. The van der Waals surface area contributed by atoms with E-state index in [9.17, 15) is 4.79 Å². The molecule has 5 nitrogen and oxygen atoms in total. The first-order valence-corrected chi connectivity index (χ1v) is 14.1. The van der Waals surface area contributed by atoms with Gasteiger partial charge < -0.3 is 0 Å². The maximum atomic E-state index is 14.6. The molecule has 6 aromatic rings. The molecule has 0 aliphatic carbocycles. The minimum absolute atomic E-state index is 0.123. The molecule has 1 aliphatic rings. The molecule has 1 unspecified atom stereocenters. The molecule has 40 heavy (non-hydrogen) atoms. The maximum Gasteiger partial charge on any atom is 0.261 e. The molecule has 4 aromatic carbocycles. The van der Waals surface area contributed by atoms with Gasteiger partial charge in [-0.3, -0.25) is 9.69 Å². The van der Waals surface area contributed by atoms with Crippen LogP contribution in [0.4, 0.5) is 5.69 Å². The van der Waals surface area contributed by atoms with Crippen LogP contribution in [0.1, 0.15) is 33.2 Å². The molecule has 0 radical (unpaired) electrons. The summed E-state index contributed by atoms with van der Waals surface area (Å²) in [5.74, 6) is -0.123. The maximum absolute atomic E-state index is 14.6. The summed E-state index contributed by atoms with van der Waals surface area (Å²) in [5, 5.41) is 6.39. The van der Waals surface area contributed by atoms with Crippen molar-refractivity contribution in [3.05, 3.63) is 141 Å². The molecule has 0 fully saturated rings. The average molecular weight is 606 g/mol. The van der Waals surface area contributed by atoms with Gasteiger partial charge in [-0.15, -0.1) is 0 Å². The summed E-state index contributed by atoms with van der Waals surface area (Å²) in [6.45, 7) is 1.98. The van der Waals surface area contributed by atoms with E-state index in [0.717, 1.165) is 43.6 Å². The Morgan fingerprint density at radius 3 is 2.25 bits per heavy atom. The molecule has 0 N–H and O–H groups in total. The second-order valence-electron chi connectivity index (χ2n) is 9.76. The molecule has 0 saturated carbocycles. The van der Waals surface area contributed by atoms with Gasteiger partial charge in [-0.25, -0.2) is 9.67 Å². The van der Waals surface area contributed by atoms with Crippen LogP contribution in [0.2, 0.25) is 5.02 Å². The van der Waals surface area contributed by atoms with Crippen LogP contribution in [0, 0.1) is 6.92 Å². The summed E-state index contributed by atoms with van der Waals surface area (Å²) in [6, 6.07) is 35.0. The van der Waals surface area contributed by atoms with E-state index in [1.165, 1.54) is 0 Å². The number of aromatic nitrogens is 3. The Balaban J connectivity index is 1.62. The monoisotopic (exact) mass is 604 g/mol. The van der Waals surface area contributed by atoms with Crippen molar-refractivity contribution in [2.45, 2.75) is 13.0 Å². The Kier molecular flexibility index (Phi) is 6.02. The summed E-state index contributed by atoms with van der Waals surface area (Å²) < 4.78 is 2.81. The molecule has 1 amide bonds. The number of carbonyl (C=O) groups is 1. The highest BCUT2D eigenvalue weighted by Gasteiger charge is 2.44. The quantitative estimate of drug-likeness (QED) is 0.202. The zero-order valence-electron chi connectivity index (χ0n) is 21.4. The first-order valence-electron chi connectivity index (χ1n) is 12.9. The van der Waals surface area contributed by atoms with Crippen molar-refractivity contribution < 1.29 is 4.79 Å². The molecular formula is C33H22BrClN4O. The second-order valence-corrected chi connectivity index (χ2v) is 11.1. The summed E-state index contributed by atoms with van der Waals surface area (Å²) in [6.07, 6.45) is 0. The number of hydrogen-bond acceptors (Lipinski definition) is 3. The number of halogens is 2. The Hall–Kier alpha value is -4.26. The van der Waals surface area contributed by atoms with Crippen molar-refractivity contribution in [1.29, 1.82) is 0 Å². The number of benzene rings is 4. The lowest BCUT2D eigenvalue weighted by atomic mass is 9.92. The van der Waals surface area contributed by atoms with Crippen LogP contribution in [0.25, 0.3) is 28.0 Å². The molecule has 1 aliphatic heterocycles. The zero-order valence-corrected chi connectivity index (χ0v) is 23.8. The number of hydrogen-bond donors (Lipinski definition) is 0. The molecule has 3 heterocycles. The first kappa shape index (κ1) is 24.8. The summed E-state index contributed by atoms with van der Waals surface area (Å²) in [7, 11) is 0. The molecule has 194 valence electrons. The Labute approximate surface area is 244 Å². The minimum Gasteiger partial charge on any atom is -0.297 e. The smallest absolute Gasteiger partial charge is 0.261 e. The highest BCUT2D eigenvalue weighted by Crippen LogP contribution is 2.48. The van der Waals surface area contributed by atoms with Crippen molar-refractivity contribution >= 4 is 50.2 Å². The third kappa shape index (κ3) is 3.95. The summed E-state index contributed by atoms with van der Waals surface area (Å²) in [5.41, 5.74) is 7.10. The molecule has 0 saturated heterocycles. The van der Waals surface area contributed by atoms with Crippen molar-refractivity contribution in [1.82, 2.24) is 14.8 Å². The molecule has 0 spiro atoms. The van der Waals surface area contributed by atoms with Crippen LogP contribution < -0.4 is 4.90 Å². The topological polar surface area (TPSA) is 51.0 Å². The highest BCUT2D eigenvalue weighted by atomic mass is 79.9. The lowest BCUT2D eigenvalue weighted by molar-refractivity contribution is 0.0994. The van der Waals surface area contributed by atoms with Gasteiger partial charge in [-0.2, -0.15) is 5.10 Å². The van der Waals surface area contributed by atoms with Crippen LogP contribution in [0.5, 0.6) is 0 Å². The van der Waals surface area contributed by atoms with Crippen LogP contribution in [-0.2, 0) is 0 Å². The van der Waals surface area contributed by atoms with E-state index in [0.29, 0.717) is 21.9 Å². The zero-order chi connectivity index (χ0) is 27.4. The largest absolute Gasteiger partial charge is 0.297 e. The van der Waals surface area contributed by atoms with Gasteiger partial charge in [0.25, 0.3) is 5.91 Å². The first-order chi connectivity index (χ1) is 19.5. The van der Waals surface area contributed by atoms with E-state index < -0.39 is 6.04 Å². The van der Waals surface area contributed by atoms with Gasteiger partial charge in [0.05, 0.1) is 28.7 Å². The molecule has 1 atom stereocenters. The Morgan fingerprint density at radius 1 is 0.825 bits per heavy atom. The number of nitrogens with zero attached hydrogens (tertiary/aromatic N) is 4. The van der Waals surface area contributed by atoms with Gasteiger partial charge in [0.15, 0.2) is 5.65 Å². The Bertz CT molecular complexity index is 1920. The van der Waals surface area contributed by atoms with Crippen molar-refractivity contribution in [2.75, 3.05) is 4.90 Å². The highest BCUT2D eigenvalue weighted by molar-refractivity contribution is 9.10. The van der Waals surface area contributed by atoms with Gasteiger partial charge in [0.1, 0.15) is 0 Å². The van der Waals surface area contributed by atoms with Crippen molar-refractivity contribution in [2.24, 2.45) is 0 Å². The fourth-order valence-electron chi connectivity index (χ4n) is 5.64. The number of rotatable bonds is 4. The number of amides is 1. The van der Waals surface area contributed by atoms with E-state index in [1.54, 1.807) is 0 Å². The predicted octanol–water partition coefficient (Wildman–Crippen LogP) is 8.56. The third-order valence-electron chi connectivity index (χ3n) is 7.29. The molecule has 7 rings (SSSR count). The van der Waals surface area contributed by atoms with Gasteiger partial charge in [0.2, 0.25) is 0 Å². The number of para-hydroxylation sites is 1. The minimum atomic E-state index is -0.418. The van der Waals surface area contributed by atoms with E-state index in [2.05, 4.69) is 28.1 Å². The molecule has 0 bridgehead atoms. The lowest BCUT2D eigenvalue weighted by Crippen LogP contribution is -2.28. The van der Waals surface area contributed by atoms with E-state index in [1.807, 2.05) is 114 Å². The van der Waals surface area contributed by atoms with Gasteiger partial charge in [-0.05, 0) is 55.0 Å². The number of fused-ring (bicyclic) bond motifs is 3. The average Bonchev–Trinajstić information content (AvgIpc) is 3.47. The SMILES string of the molecule is Cc1nn(-c2ccccc2)c2nc(-c3ccccc3)c3c(c12)C(c1cccc(Br)c1)N(c1cccc(Cl)c1)C3=O.